The van der Waals surface area contributed by atoms with Gasteiger partial charge in [-0.15, -0.1) is 5.10 Å². The van der Waals surface area contributed by atoms with Crippen molar-refractivity contribution in [2.24, 2.45) is 0 Å². The van der Waals surface area contributed by atoms with Crippen LogP contribution in [-0.4, -0.2) is 47.0 Å². The molecule has 10 heteroatoms. The van der Waals surface area contributed by atoms with Crippen molar-refractivity contribution in [3.63, 3.8) is 0 Å². The van der Waals surface area contributed by atoms with Gasteiger partial charge in [0.2, 0.25) is 5.95 Å². The van der Waals surface area contributed by atoms with Crippen molar-refractivity contribution in [1.29, 1.82) is 0 Å². The smallest absolute Gasteiger partial charge is 0.257 e. The fourth-order valence-electron chi connectivity index (χ4n) is 4.33. The van der Waals surface area contributed by atoms with E-state index in [-0.39, 0.29) is 5.91 Å². The van der Waals surface area contributed by atoms with Crippen LogP contribution in [0.4, 0.5) is 11.8 Å². The minimum atomic E-state index is -0.695. The number of pyridine rings is 1. The van der Waals surface area contributed by atoms with Crippen LogP contribution in [0.25, 0.3) is 11.4 Å². The fraction of sp³-hybridized carbons (Fsp3) is 0.185. The van der Waals surface area contributed by atoms with E-state index in [4.69, 9.17) is 24.3 Å². The first kappa shape index (κ1) is 23.9. The molecule has 0 saturated carbocycles. The third-order valence-corrected chi connectivity index (χ3v) is 6.07. The van der Waals surface area contributed by atoms with Gasteiger partial charge in [-0.2, -0.15) is 4.98 Å². The summed E-state index contributed by atoms with van der Waals surface area (Å²) in [5.74, 6) is 2.60. The summed E-state index contributed by atoms with van der Waals surface area (Å²) in [6.07, 6.45) is 1.62. The largest absolute Gasteiger partial charge is 0.496 e. The molecule has 0 bridgehead atoms. The first-order valence-electron chi connectivity index (χ1n) is 11.6. The molecule has 0 saturated heterocycles. The zero-order chi connectivity index (χ0) is 25.9. The number of benzene rings is 2. The second-order valence-corrected chi connectivity index (χ2v) is 8.25. The zero-order valence-electron chi connectivity index (χ0n) is 20.9. The number of carbonyl (C=O) groups is 1. The number of nitrogens with zero attached hydrogens (tertiary/aromatic N) is 4. The monoisotopic (exact) mass is 498 g/mol. The van der Waals surface area contributed by atoms with Crippen LogP contribution in [0.1, 0.15) is 18.5 Å². The summed E-state index contributed by atoms with van der Waals surface area (Å²) in [6.45, 7) is 1.83. The van der Waals surface area contributed by atoms with Gasteiger partial charge in [0.05, 0.1) is 26.9 Å². The number of rotatable bonds is 7. The van der Waals surface area contributed by atoms with Gasteiger partial charge in [0.1, 0.15) is 17.6 Å². The van der Waals surface area contributed by atoms with Crippen LogP contribution < -0.4 is 24.8 Å². The number of ether oxygens (including phenoxy) is 3. The van der Waals surface area contributed by atoms with Crippen LogP contribution in [0.3, 0.4) is 0 Å². The maximum absolute atomic E-state index is 13.7. The van der Waals surface area contributed by atoms with Gasteiger partial charge in [-0.05, 0) is 25.1 Å². The van der Waals surface area contributed by atoms with Crippen molar-refractivity contribution in [2.45, 2.75) is 13.0 Å². The van der Waals surface area contributed by atoms with Crippen LogP contribution in [0.2, 0.25) is 0 Å². The highest BCUT2D eigenvalue weighted by Gasteiger charge is 2.37. The number of anilines is 2. The van der Waals surface area contributed by atoms with Gasteiger partial charge >= 0.3 is 0 Å². The first-order valence-corrected chi connectivity index (χ1v) is 11.6. The summed E-state index contributed by atoms with van der Waals surface area (Å²) in [5.41, 5.74) is 2.54. The normalized spacial score (nSPS) is 14.4. The predicted molar refractivity (Wildman–Crippen MR) is 139 cm³/mol. The van der Waals surface area contributed by atoms with Gasteiger partial charge in [-0.1, -0.05) is 36.4 Å². The van der Waals surface area contributed by atoms with E-state index in [0.29, 0.717) is 51.7 Å². The summed E-state index contributed by atoms with van der Waals surface area (Å²) < 4.78 is 18.5. The number of nitrogens with one attached hydrogen (secondary N) is 2. The van der Waals surface area contributed by atoms with E-state index < -0.39 is 6.04 Å². The molecular weight excluding hydrogens is 472 g/mol. The van der Waals surface area contributed by atoms with E-state index in [9.17, 15) is 4.79 Å². The summed E-state index contributed by atoms with van der Waals surface area (Å²) >= 11 is 0. The molecule has 10 nitrogen and oxygen atoms in total. The van der Waals surface area contributed by atoms with Gasteiger partial charge in [0.25, 0.3) is 5.91 Å². The lowest BCUT2D eigenvalue weighted by Crippen LogP contribution is -2.32. The second kappa shape index (κ2) is 10.0. The standard InChI is InChI=1S/C27H26N6O4/c1-16-23(26(34)30-22-12-8-9-13-28-22)24(18-14-20(36-3)21(37-4)15-19(18)35-2)33-27(29-16)31-25(32-33)17-10-6-5-7-11-17/h5-15,24H,1-4H3,(H,28,30,34)(H,29,31,32). The average Bonchev–Trinajstić information content (AvgIpc) is 3.36. The summed E-state index contributed by atoms with van der Waals surface area (Å²) in [5, 5.41) is 11.0. The highest BCUT2D eigenvalue weighted by molar-refractivity contribution is 6.05. The molecule has 3 heterocycles. The van der Waals surface area contributed by atoms with E-state index >= 15 is 0 Å². The van der Waals surface area contributed by atoms with E-state index in [1.807, 2.05) is 37.3 Å². The number of carbonyl (C=O) groups excluding carboxylic acids is 1. The number of allylic oxidation sites excluding steroid dienone is 1. The van der Waals surface area contributed by atoms with Crippen molar-refractivity contribution >= 4 is 17.7 Å². The Balaban J connectivity index is 1.69. The average molecular weight is 499 g/mol. The Labute approximate surface area is 213 Å². The van der Waals surface area contributed by atoms with Crippen molar-refractivity contribution in [3.8, 4) is 28.6 Å². The number of aromatic nitrogens is 4. The molecule has 37 heavy (non-hydrogen) atoms. The lowest BCUT2D eigenvalue weighted by molar-refractivity contribution is -0.113. The van der Waals surface area contributed by atoms with Gasteiger partial charge in [0.15, 0.2) is 17.3 Å². The van der Waals surface area contributed by atoms with E-state index in [1.165, 1.54) is 0 Å². The molecule has 4 aromatic rings. The van der Waals surface area contributed by atoms with Crippen molar-refractivity contribution < 1.29 is 19.0 Å². The van der Waals surface area contributed by atoms with Gasteiger partial charge in [-0.3, -0.25) is 4.79 Å². The van der Waals surface area contributed by atoms with Crippen molar-refractivity contribution in [3.05, 3.63) is 83.7 Å². The summed E-state index contributed by atoms with van der Waals surface area (Å²) in [6, 6.07) is 17.8. The third kappa shape index (κ3) is 4.44. The van der Waals surface area contributed by atoms with Crippen LogP contribution in [0, 0.1) is 0 Å². The molecule has 2 aromatic carbocycles. The Morgan fingerprint density at radius 3 is 2.32 bits per heavy atom. The maximum Gasteiger partial charge on any atom is 0.257 e. The quantitative estimate of drug-likeness (QED) is 0.388. The Kier molecular flexibility index (Phi) is 6.46. The summed E-state index contributed by atoms with van der Waals surface area (Å²) in [4.78, 5) is 22.7. The highest BCUT2D eigenvalue weighted by Crippen LogP contribution is 2.44. The molecule has 5 rings (SSSR count). The minimum Gasteiger partial charge on any atom is -0.496 e. The number of hydrogen-bond donors (Lipinski definition) is 2. The molecule has 1 amide bonds. The number of methoxy groups -OCH3 is 3. The molecule has 0 aliphatic carbocycles. The van der Waals surface area contributed by atoms with Gasteiger partial charge in [-0.25, -0.2) is 9.67 Å². The number of amides is 1. The summed E-state index contributed by atoms with van der Waals surface area (Å²) in [7, 11) is 4.67. The minimum absolute atomic E-state index is 0.340. The lowest BCUT2D eigenvalue weighted by atomic mass is 9.93. The lowest BCUT2D eigenvalue weighted by Gasteiger charge is -2.30. The molecule has 188 valence electrons. The second-order valence-electron chi connectivity index (χ2n) is 8.25. The Hall–Kier alpha value is -4.86. The molecule has 1 aliphatic rings. The zero-order valence-corrected chi connectivity index (χ0v) is 20.9. The van der Waals surface area contributed by atoms with Gasteiger partial charge in [0, 0.05) is 29.1 Å². The van der Waals surface area contributed by atoms with Crippen molar-refractivity contribution in [1.82, 2.24) is 19.7 Å². The van der Waals surface area contributed by atoms with Crippen molar-refractivity contribution in [2.75, 3.05) is 32.0 Å². The maximum atomic E-state index is 13.7. The topological polar surface area (TPSA) is 112 Å². The molecule has 2 N–H and O–H groups in total. The van der Waals surface area contributed by atoms with E-state index in [2.05, 4.69) is 15.6 Å². The number of hydrogen-bond acceptors (Lipinski definition) is 8. The van der Waals surface area contributed by atoms with Crippen LogP contribution in [0.15, 0.2) is 78.1 Å². The van der Waals surface area contributed by atoms with E-state index in [0.717, 1.165) is 5.56 Å². The molecule has 1 atom stereocenters. The Morgan fingerprint density at radius 1 is 0.946 bits per heavy atom. The molecule has 1 unspecified atom stereocenters. The van der Waals surface area contributed by atoms with E-state index in [1.54, 1.807) is 62.5 Å². The molecule has 2 aromatic heterocycles. The Morgan fingerprint density at radius 2 is 1.65 bits per heavy atom. The fourth-order valence-corrected chi connectivity index (χ4v) is 4.33. The Bertz CT molecular complexity index is 1470. The third-order valence-electron chi connectivity index (χ3n) is 6.07. The van der Waals surface area contributed by atoms with Crippen LogP contribution in [0.5, 0.6) is 17.2 Å². The number of fused-ring (bicyclic) bond motifs is 1. The first-order chi connectivity index (χ1) is 18.0. The van der Waals surface area contributed by atoms with Gasteiger partial charge < -0.3 is 24.8 Å². The molecule has 1 aliphatic heterocycles. The van der Waals surface area contributed by atoms with Crippen LogP contribution >= 0.6 is 0 Å². The predicted octanol–water partition coefficient (Wildman–Crippen LogP) is 4.29. The highest BCUT2D eigenvalue weighted by atomic mass is 16.5. The molecule has 0 radical (unpaired) electrons. The SMILES string of the molecule is COc1cc(OC)c(C2C(C(=O)Nc3ccccn3)=C(C)Nc3nc(-c4ccccc4)nn32)cc1OC. The molecule has 0 spiro atoms. The molecular formula is C27H26N6O4. The van der Waals surface area contributed by atoms with Crippen LogP contribution in [-0.2, 0) is 4.79 Å². The molecule has 0 fully saturated rings.